The molecular weight excluding hydrogens is 292 g/mol. The Morgan fingerprint density at radius 3 is 2.43 bits per heavy atom. The van der Waals surface area contributed by atoms with E-state index in [9.17, 15) is 13.2 Å². The van der Waals surface area contributed by atoms with Crippen LogP contribution < -0.4 is 14.8 Å². The maximum absolute atomic E-state index is 11.9. The van der Waals surface area contributed by atoms with E-state index in [1.165, 1.54) is 0 Å². The lowest BCUT2D eigenvalue weighted by molar-refractivity contribution is -0.121. The maximum atomic E-state index is 11.9. The Bertz CT molecular complexity index is 594. The molecule has 1 aromatic carbocycles. The first-order chi connectivity index (χ1) is 9.87. The number of benzene rings is 1. The number of ether oxygens (including phenoxy) is 1. The summed E-state index contributed by atoms with van der Waals surface area (Å²) in [6.07, 6.45) is 3.16. The zero-order valence-corrected chi connectivity index (χ0v) is 12.9. The van der Waals surface area contributed by atoms with Gasteiger partial charge in [-0.15, -0.1) is 0 Å². The minimum absolute atomic E-state index is 0.0793. The first-order valence-corrected chi connectivity index (χ1v) is 8.67. The largest absolute Gasteiger partial charge is 0.497 e. The average Bonchev–Trinajstić information content (AvgIpc) is 3.20. The van der Waals surface area contributed by atoms with Gasteiger partial charge in [0.1, 0.15) is 5.75 Å². The van der Waals surface area contributed by atoms with Crippen molar-refractivity contribution < 1.29 is 17.9 Å². The summed E-state index contributed by atoms with van der Waals surface area (Å²) in [6.45, 7) is 0. The van der Waals surface area contributed by atoms with Gasteiger partial charge in [0.25, 0.3) is 0 Å². The van der Waals surface area contributed by atoms with Gasteiger partial charge in [-0.05, 0) is 30.5 Å². The molecule has 2 N–H and O–H groups in total. The second kappa shape index (κ2) is 6.44. The fraction of sp³-hybridized carbons (Fsp3) is 0.500. The molecule has 1 saturated carbocycles. The number of hydrogen-bond acceptors (Lipinski definition) is 4. The fourth-order valence-electron chi connectivity index (χ4n) is 2.02. The van der Waals surface area contributed by atoms with E-state index in [0.717, 1.165) is 24.7 Å². The van der Waals surface area contributed by atoms with Crippen LogP contribution >= 0.6 is 0 Å². The summed E-state index contributed by atoms with van der Waals surface area (Å²) in [5.74, 6) is 0.536. The lowest BCUT2D eigenvalue weighted by atomic mass is 10.0. The van der Waals surface area contributed by atoms with Crippen LogP contribution in [0, 0.1) is 0 Å². The topological polar surface area (TPSA) is 84.5 Å². The number of nitrogens with one attached hydrogen (secondary N) is 2. The van der Waals surface area contributed by atoms with Crippen LogP contribution in [0.3, 0.4) is 0 Å². The van der Waals surface area contributed by atoms with E-state index in [4.69, 9.17) is 4.74 Å². The molecule has 1 aromatic rings. The van der Waals surface area contributed by atoms with Crippen LogP contribution in [0.2, 0.25) is 0 Å². The molecule has 1 fully saturated rings. The summed E-state index contributed by atoms with van der Waals surface area (Å²) in [5.41, 5.74) is 0.729. The molecular formula is C14H20N2O4S. The average molecular weight is 312 g/mol. The molecule has 0 aliphatic heterocycles. The number of amides is 1. The highest BCUT2D eigenvalue weighted by molar-refractivity contribution is 7.88. The third kappa shape index (κ3) is 5.35. The smallest absolute Gasteiger partial charge is 0.222 e. The van der Waals surface area contributed by atoms with Crippen molar-refractivity contribution in [3.05, 3.63) is 29.8 Å². The van der Waals surface area contributed by atoms with Crippen molar-refractivity contribution in [1.29, 1.82) is 0 Å². The van der Waals surface area contributed by atoms with Gasteiger partial charge in [-0.3, -0.25) is 4.79 Å². The maximum Gasteiger partial charge on any atom is 0.222 e. The highest BCUT2D eigenvalue weighted by Gasteiger charge is 2.26. The zero-order chi connectivity index (χ0) is 15.5. The van der Waals surface area contributed by atoms with Crippen molar-refractivity contribution in [2.45, 2.75) is 31.3 Å². The first kappa shape index (κ1) is 15.8. The number of carbonyl (C=O) groups is 1. The summed E-state index contributed by atoms with van der Waals surface area (Å²) in [7, 11) is -1.85. The van der Waals surface area contributed by atoms with Crippen LogP contribution in [0.5, 0.6) is 5.75 Å². The number of carbonyl (C=O) groups excluding carboxylic acids is 1. The Kier molecular flexibility index (Phi) is 4.84. The van der Waals surface area contributed by atoms with E-state index < -0.39 is 16.1 Å². The molecule has 2 rings (SSSR count). The minimum Gasteiger partial charge on any atom is -0.497 e. The molecule has 0 bridgehead atoms. The second-order valence-electron chi connectivity index (χ2n) is 5.26. The number of methoxy groups -OCH3 is 1. The minimum atomic E-state index is -3.41. The lowest BCUT2D eigenvalue weighted by Gasteiger charge is -2.18. The normalized spacial score (nSPS) is 16.3. The van der Waals surface area contributed by atoms with Crippen molar-refractivity contribution in [2.75, 3.05) is 13.4 Å². The van der Waals surface area contributed by atoms with Crippen LogP contribution in [0.25, 0.3) is 0 Å². The summed E-state index contributed by atoms with van der Waals surface area (Å²) in [5, 5.41) is 2.86. The van der Waals surface area contributed by atoms with Gasteiger partial charge in [0, 0.05) is 12.5 Å². The molecule has 0 heterocycles. The number of hydrogen-bond donors (Lipinski definition) is 2. The highest BCUT2D eigenvalue weighted by Crippen LogP contribution is 2.23. The molecule has 0 saturated heterocycles. The summed E-state index contributed by atoms with van der Waals surface area (Å²) >= 11 is 0. The third-order valence-electron chi connectivity index (χ3n) is 3.21. The van der Waals surface area contributed by atoms with Crippen LogP contribution in [0.4, 0.5) is 0 Å². The van der Waals surface area contributed by atoms with E-state index in [1.807, 2.05) is 0 Å². The standard InChI is InChI=1S/C14H20N2O4S/c1-20-12-7-3-10(4-8-12)13(16-21(2,18)19)9-14(17)15-11-5-6-11/h3-4,7-8,11,13,16H,5-6,9H2,1-2H3,(H,15,17)/t13-/m1/s1. The molecule has 7 heteroatoms. The van der Waals surface area contributed by atoms with E-state index in [1.54, 1.807) is 31.4 Å². The molecule has 1 amide bonds. The molecule has 1 atom stereocenters. The van der Waals surface area contributed by atoms with Gasteiger partial charge in [-0.2, -0.15) is 0 Å². The van der Waals surface area contributed by atoms with Crippen molar-refractivity contribution in [1.82, 2.24) is 10.0 Å². The van der Waals surface area contributed by atoms with Crippen LogP contribution in [0.15, 0.2) is 24.3 Å². The van der Waals surface area contributed by atoms with Gasteiger partial charge >= 0.3 is 0 Å². The predicted octanol–water partition coefficient (Wildman–Crippen LogP) is 0.954. The lowest BCUT2D eigenvalue weighted by Crippen LogP contribution is -2.34. The van der Waals surface area contributed by atoms with Gasteiger partial charge in [-0.1, -0.05) is 12.1 Å². The van der Waals surface area contributed by atoms with Crippen LogP contribution in [-0.2, 0) is 14.8 Å². The SMILES string of the molecule is COc1ccc([C@@H](CC(=O)NC2CC2)NS(C)(=O)=O)cc1. The first-order valence-electron chi connectivity index (χ1n) is 6.78. The third-order valence-corrected chi connectivity index (χ3v) is 3.92. The van der Waals surface area contributed by atoms with Crippen LogP contribution in [0.1, 0.15) is 30.9 Å². The van der Waals surface area contributed by atoms with Gasteiger partial charge in [0.15, 0.2) is 0 Å². The Balaban J connectivity index is 2.11. The number of sulfonamides is 1. The molecule has 1 aliphatic carbocycles. The second-order valence-corrected chi connectivity index (χ2v) is 7.04. The van der Waals surface area contributed by atoms with Crippen LogP contribution in [-0.4, -0.2) is 33.7 Å². The molecule has 6 nitrogen and oxygen atoms in total. The summed E-state index contributed by atoms with van der Waals surface area (Å²) in [4.78, 5) is 11.9. The Morgan fingerprint density at radius 2 is 1.95 bits per heavy atom. The van der Waals surface area contributed by atoms with E-state index in [-0.39, 0.29) is 18.4 Å². The van der Waals surface area contributed by atoms with Crippen molar-refractivity contribution >= 4 is 15.9 Å². The van der Waals surface area contributed by atoms with Gasteiger partial charge in [0.05, 0.1) is 19.4 Å². The fourth-order valence-corrected chi connectivity index (χ4v) is 2.76. The summed E-state index contributed by atoms with van der Waals surface area (Å²) in [6, 6.07) is 6.67. The van der Waals surface area contributed by atoms with Gasteiger partial charge in [0.2, 0.25) is 15.9 Å². The molecule has 0 spiro atoms. The Labute approximate surface area is 124 Å². The zero-order valence-electron chi connectivity index (χ0n) is 12.1. The van der Waals surface area contributed by atoms with Gasteiger partial charge < -0.3 is 10.1 Å². The van der Waals surface area contributed by atoms with E-state index in [0.29, 0.717) is 5.75 Å². The Hall–Kier alpha value is -1.60. The predicted molar refractivity (Wildman–Crippen MR) is 79.5 cm³/mol. The molecule has 116 valence electrons. The van der Waals surface area contributed by atoms with E-state index in [2.05, 4.69) is 10.0 Å². The molecule has 0 unspecified atom stereocenters. The molecule has 0 radical (unpaired) electrons. The number of rotatable bonds is 7. The summed E-state index contributed by atoms with van der Waals surface area (Å²) < 4.78 is 30.6. The highest BCUT2D eigenvalue weighted by atomic mass is 32.2. The van der Waals surface area contributed by atoms with Crippen molar-refractivity contribution in [3.63, 3.8) is 0 Å². The molecule has 1 aliphatic rings. The molecule has 21 heavy (non-hydrogen) atoms. The molecule has 0 aromatic heterocycles. The van der Waals surface area contributed by atoms with Crippen molar-refractivity contribution in [2.24, 2.45) is 0 Å². The monoisotopic (exact) mass is 312 g/mol. The van der Waals surface area contributed by atoms with Crippen molar-refractivity contribution in [3.8, 4) is 5.75 Å². The quantitative estimate of drug-likeness (QED) is 0.785. The van der Waals surface area contributed by atoms with E-state index >= 15 is 0 Å². The van der Waals surface area contributed by atoms with Gasteiger partial charge in [-0.25, -0.2) is 13.1 Å². The Morgan fingerprint density at radius 1 is 1.33 bits per heavy atom.